The lowest BCUT2D eigenvalue weighted by Gasteiger charge is -1.99. The fourth-order valence-electron chi connectivity index (χ4n) is 1.02. The van der Waals surface area contributed by atoms with Crippen LogP contribution < -0.4 is 5.32 Å². The summed E-state index contributed by atoms with van der Waals surface area (Å²) in [6.07, 6.45) is 5.92. The summed E-state index contributed by atoms with van der Waals surface area (Å²) in [5.74, 6) is 0. The molecule has 0 atom stereocenters. The maximum atomic E-state index is 8.55. The van der Waals surface area contributed by atoms with Crippen LogP contribution in [0.4, 0.5) is 0 Å². The normalized spacial score (nSPS) is 8.46. The maximum Gasteiger partial charge on any atom is 0.0991 e. The number of rotatable bonds is 3. The zero-order valence-corrected chi connectivity index (χ0v) is 7.25. The van der Waals surface area contributed by atoms with E-state index >= 15 is 0 Å². The van der Waals surface area contributed by atoms with Crippen molar-refractivity contribution in [2.75, 3.05) is 6.54 Å². The quantitative estimate of drug-likeness (QED) is 0.421. The van der Waals surface area contributed by atoms with Crippen molar-refractivity contribution in [3.63, 3.8) is 0 Å². The standard InChI is InChI=1S/C11H10N2/c1-2-13-8-7-10-3-5-11(9-12)6-4-10/h1,3-6,13H,7-8H2. The number of nitriles is 1. The van der Waals surface area contributed by atoms with Gasteiger partial charge in [0.1, 0.15) is 0 Å². The van der Waals surface area contributed by atoms with Crippen molar-refractivity contribution in [1.82, 2.24) is 5.32 Å². The smallest absolute Gasteiger partial charge is 0.0991 e. The molecule has 13 heavy (non-hydrogen) atoms. The number of nitrogens with one attached hydrogen (secondary N) is 1. The van der Waals surface area contributed by atoms with Gasteiger partial charge in [0.15, 0.2) is 0 Å². The summed E-state index contributed by atoms with van der Waals surface area (Å²) in [5, 5.41) is 11.3. The topological polar surface area (TPSA) is 35.8 Å². The third kappa shape index (κ3) is 2.89. The lowest BCUT2D eigenvalue weighted by atomic mass is 10.1. The fourth-order valence-corrected chi connectivity index (χ4v) is 1.02. The van der Waals surface area contributed by atoms with Crippen molar-refractivity contribution in [2.24, 2.45) is 0 Å². The van der Waals surface area contributed by atoms with Crippen LogP contribution in [0.3, 0.4) is 0 Å². The molecule has 0 bridgehead atoms. The Morgan fingerprint density at radius 1 is 1.31 bits per heavy atom. The Hall–Kier alpha value is -1.93. The monoisotopic (exact) mass is 170 g/mol. The molecule has 1 aromatic rings. The predicted octanol–water partition coefficient (Wildman–Crippen LogP) is 1.28. The van der Waals surface area contributed by atoms with Crippen molar-refractivity contribution >= 4 is 0 Å². The number of benzene rings is 1. The van der Waals surface area contributed by atoms with Crippen LogP contribution in [0, 0.1) is 23.8 Å². The third-order valence-corrected chi connectivity index (χ3v) is 1.72. The minimum Gasteiger partial charge on any atom is -0.346 e. The van der Waals surface area contributed by atoms with E-state index < -0.39 is 0 Å². The van der Waals surface area contributed by atoms with E-state index in [0.717, 1.165) is 13.0 Å². The molecule has 0 radical (unpaired) electrons. The van der Waals surface area contributed by atoms with Gasteiger partial charge in [-0.05, 0) is 24.1 Å². The highest BCUT2D eigenvalue weighted by Gasteiger charge is 1.92. The van der Waals surface area contributed by atoms with Crippen LogP contribution >= 0.6 is 0 Å². The van der Waals surface area contributed by atoms with E-state index in [2.05, 4.69) is 17.4 Å². The molecule has 0 saturated carbocycles. The molecule has 1 aromatic carbocycles. The van der Waals surface area contributed by atoms with Gasteiger partial charge in [-0.1, -0.05) is 18.6 Å². The van der Waals surface area contributed by atoms with E-state index in [1.54, 1.807) is 0 Å². The minimum absolute atomic E-state index is 0.689. The summed E-state index contributed by atoms with van der Waals surface area (Å²) in [7, 11) is 0. The van der Waals surface area contributed by atoms with E-state index in [1.165, 1.54) is 5.56 Å². The number of hydrogen-bond donors (Lipinski definition) is 1. The summed E-state index contributed by atoms with van der Waals surface area (Å²) in [6.45, 7) is 0.766. The van der Waals surface area contributed by atoms with Gasteiger partial charge < -0.3 is 5.32 Å². The molecule has 0 fully saturated rings. The van der Waals surface area contributed by atoms with Gasteiger partial charge in [-0.3, -0.25) is 0 Å². The van der Waals surface area contributed by atoms with E-state index in [9.17, 15) is 0 Å². The first-order valence-corrected chi connectivity index (χ1v) is 4.04. The second-order valence-corrected chi connectivity index (χ2v) is 2.63. The average molecular weight is 170 g/mol. The van der Waals surface area contributed by atoms with E-state index in [1.807, 2.05) is 24.3 Å². The Bertz CT molecular complexity index is 338. The van der Waals surface area contributed by atoms with Crippen LogP contribution in [0.5, 0.6) is 0 Å². The average Bonchev–Trinajstić information content (AvgIpc) is 2.19. The van der Waals surface area contributed by atoms with Crippen molar-refractivity contribution in [1.29, 1.82) is 5.26 Å². The lowest BCUT2D eigenvalue weighted by molar-refractivity contribution is 0.855. The van der Waals surface area contributed by atoms with Crippen molar-refractivity contribution in [3.05, 3.63) is 35.4 Å². The van der Waals surface area contributed by atoms with Gasteiger partial charge in [-0.2, -0.15) is 5.26 Å². The third-order valence-electron chi connectivity index (χ3n) is 1.72. The maximum absolute atomic E-state index is 8.55. The van der Waals surface area contributed by atoms with E-state index in [0.29, 0.717) is 5.56 Å². The Balaban J connectivity index is 2.52. The van der Waals surface area contributed by atoms with Crippen LogP contribution in [0.1, 0.15) is 11.1 Å². The molecule has 0 heterocycles. The van der Waals surface area contributed by atoms with Gasteiger partial charge in [0.2, 0.25) is 0 Å². The van der Waals surface area contributed by atoms with Crippen molar-refractivity contribution in [3.8, 4) is 18.5 Å². The highest BCUT2D eigenvalue weighted by molar-refractivity contribution is 5.31. The highest BCUT2D eigenvalue weighted by atomic mass is 14.8. The van der Waals surface area contributed by atoms with Gasteiger partial charge in [0.25, 0.3) is 0 Å². The molecule has 0 amide bonds. The minimum atomic E-state index is 0.689. The molecule has 0 saturated heterocycles. The molecule has 2 heteroatoms. The molecular formula is C11H10N2. The van der Waals surface area contributed by atoms with E-state index in [-0.39, 0.29) is 0 Å². The van der Waals surface area contributed by atoms with Crippen LogP contribution in [0.25, 0.3) is 0 Å². The highest BCUT2D eigenvalue weighted by Crippen LogP contribution is 2.03. The second-order valence-electron chi connectivity index (χ2n) is 2.63. The molecule has 1 N–H and O–H groups in total. The molecule has 2 nitrogen and oxygen atoms in total. The van der Waals surface area contributed by atoms with Gasteiger partial charge in [-0.15, -0.1) is 0 Å². The Morgan fingerprint density at radius 2 is 2.00 bits per heavy atom. The molecule has 0 unspecified atom stereocenters. The SMILES string of the molecule is C#CNCCc1ccc(C#N)cc1. The molecule has 0 aliphatic heterocycles. The number of nitrogens with zero attached hydrogens (tertiary/aromatic N) is 1. The predicted molar refractivity (Wildman–Crippen MR) is 51.7 cm³/mol. The Morgan fingerprint density at radius 3 is 2.54 bits per heavy atom. The summed E-state index contributed by atoms with van der Waals surface area (Å²) in [5.41, 5.74) is 1.87. The summed E-state index contributed by atoms with van der Waals surface area (Å²) in [6, 6.07) is 11.9. The first kappa shape index (κ1) is 9.16. The Labute approximate surface area is 78.2 Å². The van der Waals surface area contributed by atoms with Gasteiger partial charge in [0.05, 0.1) is 11.6 Å². The van der Waals surface area contributed by atoms with Crippen molar-refractivity contribution < 1.29 is 0 Å². The summed E-state index contributed by atoms with van der Waals surface area (Å²) < 4.78 is 0. The van der Waals surface area contributed by atoms with Gasteiger partial charge >= 0.3 is 0 Å². The molecule has 64 valence electrons. The van der Waals surface area contributed by atoms with Crippen LogP contribution in [0.2, 0.25) is 0 Å². The molecule has 0 aliphatic carbocycles. The fraction of sp³-hybridized carbons (Fsp3) is 0.182. The molecule has 0 aromatic heterocycles. The molecule has 0 spiro atoms. The number of hydrogen-bond acceptors (Lipinski definition) is 2. The summed E-state index contributed by atoms with van der Waals surface area (Å²) in [4.78, 5) is 0. The second kappa shape index (κ2) is 4.85. The first-order valence-electron chi connectivity index (χ1n) is 4.04. The molecule has 0 aliphatic rings. The lowest BCUT2D eigenvalue weighted by Crippen LogP contribution is -2.09. The Kier molecular flexibility index (Phi) is 3.42. The van der Waals surface area contributed by atoms with Crippen LogP contribution in [-0.2, 0) is 6.42 Å². The van der Waals surface area contributed by atoms with Gasteiger partial charge in [-0.25, -0.2) is 0 Å². The zero-order chi connectivity index (χ0) is 9.52. The van der Waals surface area contributed by atoms with E-state index in [4.69, 9.17) is 11.7 Å². The summed E-state index contributed by atoms with van der Waals surface area (Å²) >= 11 is 0. The van der Waals surface area contributed by atoms with Crippen molar-refractivity contribution in [2.45, 2.75) is 6.42 Å². The largest absolute Gasteiger partial charge is 0.346 e. The zero-order valence-electron chi connectivity index (χ0n) is 7.25. The molecular weight excluding hydrogens is 160 g/mol. The first-order chi connectivity index (χ1) is 6.36. The van der Waals surface area contributed by atoms with Crippen LogP contribution in [0.15, 0.2) is 24.3 Å². The molecule has 1 rings (SSSR count). The van der Waals surface area contributed by atoms with Crippen LogP contribution in [-0.4, -0.2) is 6.54 Å². The number of terminal acetylenes is 1. The van der Waals surface area contributed by atoms with Gasteiger partial charge in [0, 0.05) is 12.6 Å².